The van der Waals surface area contributed by atoms with Gasteiger partial charge in [0.15, 0.2) is 6.10 Å². The topological polar surface area (TPSA) is 90.0 Å². The summed E-state index contributed by atoms with van der Waals surface area (Å²) in [6.07, 6.45) is 2.03. The number of Topliss-reactive ketones (excluding diaryl/α,β-unsaturated/α-hetero) is 1. The van der Waals surface area contributed by atoms with E-state index in [0.717, 1.165) is 24.8 Å². The third-order valence-corrected chi connectivity index (χ3v) is 7.83. The smallest absolute Gasteiger partial charge is 0.338 e. The molecule has 32 heavy (non-hydrogen) atoms. The first-order chi connectivity index (χ1) is 15.2. The Hall–Kier alpha value is -2.71. The highest BCUT2D eigenvalue weighted by molar-refractivity contribution is 7.89. The number of aryl methyl sites for hydroxylation is 2. The molecule has 0 heterocycles. The molecule has 0 amide bonds. The third-order valence-electron chi connectivity index (χ3n) is 5.76. The van der Waals surface area contributed by atoms with E-state index in [4.69, 9.17) is 9.47 Å². The van der Waals surface area contributed by atoms with E-state index in [9.17, 15) is 18.0 Å². The van der Waals surface area contributed by atoms with E-state index in [0.29, 0.717) is 5.56 Å². The van der Waals surface area contributed by atoms with E-state index in [1.165, 1.54) is 42.1 Å². The molecule has 0 fully saturated rings. The highest BCUT2D eigenvalue weighted by Crippen LogP contribution is 2.29. The number of methoxy groups -OCH3 is 1. The number of sulfonamides is 1. The van der Waals surface area contributed by atoms with E-state index in [1.807, 2.05) is 12.1 Å². The van der Waals surface area contributed by atoms with Crippen LogP contribution < -0.4 is 4.74 Å². The van der Waals surface area contributed by atoms with Crippen LogP contribution in [-0.2, 0) is 27.6 Å². The van der Waals surface area contributed by atoms with Crippen LogP contribution in [0.3, 0.4) is 0 Å². The van der Waals surface area contributed by atoms with Crippen molar-refractivity contribution in [2.24, 2.45) is 0 Å². The number of ketones is 1. The SMILES string of the molecule is CCN(CC)S(=O)(=O)c1cc(C(=O)OC(C)C(=O)c2ccc3c(c2)CCC3)ccc1OC. The quantitative estimate of drug-likeness (QED) is 0.420. The Bertz CT molecular complexity index is 1120. The number of ether oxygens (including phenoxy) is 2. The molecule has 1 aliphatic carbocycles. The molecule has 1 unspecified atom stereocenters. The first-order valence-corrected chi connectivity index (χ1v) is 12.2. The minimum absolute atomic E-state index is 0.0325. The number of benzene rings is 2. The van der Waals surface area contributed by atoms with Crippen molar-refractivity contribution in [2.45, 2.75) is 51.0 Å². The molecule has 2 aromatic carbocycles. The lowest BCUT2D eigenvalue weighted by Gasteiger charge is -2.20. The average molecular weight is 460 g/mol. The number of hydrogen-bond donors (Lipinski definition) is 0. The lowest BCUT2D eigenvalue weighted by molar-refractivity contribution is 0.0318. The van der Waals surface area contributed by atoms with Gasteiger partial charge in [-0.25, -0.2) is 13.2 Å². The van der Waals surface area contributed by atoms with Crippen LogP contribution in [0.5, 0.6) is 5.75 Å². The zero-order chi connectivity index (χ0) is 23.5. The van der Waals surface area contributed by atoms with E-state index >= 15 is 0 Å². The van der Waals surface area contributed by atoms with Crippen molar-refractivity contribution in [1.29, 1.82) is 0 Å². The minimum Gasteiger partial charge on any atom is -0.495 e. The van der Waals surface area contributed by atoms with Gasteiger partial charge in [-0.15, -0.1) is 0 Å². The van der Waals surface area contributed by atoms with Gasteiger partial charge in [0.25, 0.3) is 0 Å². The first-order valence-electron chi connectivity index (χ1n) is 10.8. The minimum atomic E-state index is -3.86. The maximum absolute atomic E-state index is 13.0. The summed E-state index contributed by atoms with van der Waals surface area (Å²) in [6.45, 7) is 5.55. The summed E-state index contributed by atoms with van der Waals surface area (Å²) < 4.78 is 37.9. The maximum atomic E-state index is 13.0. The highest BCUT2D eigenvalue weighted by Gasteiger charge is 2.28. The predicted octanol–water partition coefficient (Wildman–Crippen LogP) is 3.64. The molecule has 0 radical (unpaired) electrons. The van der Waals surface area contributed by atoms with Crippen LogP contribution in [-0.4, -0.2) is 50.8 Å². The molecular weight excluding hydrogens is 430 g/mol. The van der Waals surface area contributed by atoms with Crippen molar-refractivity contribution < 1.29 is 27.5 Å². The Balaban J connectivity index is 1.82. The van der Waals surface area contributed by atoms with Crippen molar-refractivity contribution in [3.63, 3.8) is 0 Å². The Morgan fingerprint density at radius 3 is 2.31 bits per heavy atom. The monoisotopic (exact) mass is 459 g/mol. The van der Waals surface area contributed by atoms with Crippen LogP contribution in [0.2, 0.25) is 0 Å². The summed E-state index contributed by atoms with van der Waals surface area (Å²) in [5.74, 6) is -0.932. The van der Waals surface area contributed by atoms with Crippen LogP contribution in [0.15, 0.2) is 41.3 Å². The zero-order valence-electron chi connectivity index (χ0n) is 18.9. The Morgan fingerprint density at radius 1 is 1.00 bits per heavy atom. The molecule has 0 aromatic heterocycles. The van der Waals surface area contributed by atoms with E-state index in [-0.39, 0.29) is 35.1 Å². The molecule has 8 heteroatoms. The van der Waals surface area contributed by atoms with Gasteiger partial charge in [-0.3, -0.25) is 4.79 Å². The largest absolute Gasteiger partial charge is 0.495 e. The molecular formula is C24H29NO6S. The fraction of sp³-hybridized carbons (Fsp3) is 0.417. The van der Waals surface area contributed by atoms with Crippen molar-refractivity contribution in [3.8, 4) is 5.75 Å². The average Bonchev–Trinajstić information content (AvgIpc) is 3.26. The second-order valence-electron chi connectivity index (χ2n) is 7.70. The second kappa shape index (κ2) is 9.83. The van der Waals surface area contributed by atoms with Gasteiger partial charge in [0.2, 0.25) is 15.8 Å². The van der Waals surface area contributed by atoms with Crippen LogP contribution >= 0.6 is 0 Å². The molecule has 0 saturated carbocycles. The number of esters is 1. The number of hydrogen-bond acceptors (Lipinski definition) is 6. The van der Waals surface area contributed by atoms with Gasteiger partial charge in [-0.1, -0.05) is 26.0 Å². The number of carbonyl (C=O) groups is 2. The van der Waals surface area contributed by atoms with Gasteiger partial charge in [0, 0.05) is 18.7 Å². The molecule has 0 spiro atoms. The van der Waals surface area contributed by atoms with E-state index in [2.05, 4.69) is 0 Å². The second-order valence-corrected chi connectivity index (χ2v) is 9.61. The van der Waals surface area contributed by atoms with Crippen molar-refractivity contribution in [3.05, 3.63) is 58.7 Å². The number of rotatable bonds is 9. The molecule has 0 bridgehead atoms. The van der Waals surface area contributed by atoms with Crippen molar-refractivity contribution in [1.82, 2.24) is 4.31 Å². The number of nitrogens with zero attached hydrogens (tertiary/aromatic N) is 1. The van der Waals surface area contributed by atoms with Gasteiger partial charge in [0.05, 0.1) is 12.7 Å². The zero-order valence-corrected chi connectivity index (χ0v) is 19.7. The summed E-state index contributed by atoms with van der Waals surface area (Å²) in [6, 6.07) is 9.67. The normalized spacial score (nSPS) is 14.2. The number of fused-ring (bicyclic) bond motifs is 1. The van der Waals surface area contributed by atoms with Gasteiger partial charge < -0.3 is 9.47 Å². The van der Waals surface area contributed by atoms with Crippen molar-refractivity contribution in [2.75, 3.05) is 20.2 Å². The Labute approximate surface area is 189 Å². The van der Waals surface area contributed by atoms with Crippen LogP contribution in [0, 0.1) is 0 Å². The predicted molar refractivity (Wildman–Crippen MR) is 121 cm³/mol. The summed E-state index contributed by atoms with van der Waals surface area (Å²) in [5.41, 5.74) is 2.96. The number of carbonyl (C=O) groups excluding carboxylic acids is 2. The highest BCUT2D eigenvalue weighted by atomic mass is 32.2. The standard InChI is InChI=1S/C24H29NO6S/c1-5-25(6-2)32(28,29)22-15-20(12-13-21(22)30-4)24(27)31-16(3)23(26)19-11-10-17-8-7-9-18(17)14-19/h10-16H,5-9H2,1-4H3. The third kappa shape index (κ3) is 4.71. The van der Waals surface area contributed by atoms with Gasteiger partial charge in [-0.2, -0.15) is 4.31 Å². The molecule has 0 aliphatic heterocycles. The maximum Gasteiger partial charge on any atom is 0.338 e. The fourth-order valence-corrected chi connectivity index (χ4v) is 5.59. The lowest BCUT2D eigenvalue weighted by atomic mass is 10.0. The summed E-state index contributed by atoms with van der Waals surface area (Å²) in [4.78, 5) is 25.4. The molecule has 2 aromatic rings. The van der Waals surface area contributed by atoms with Gasteiger partial charge in [-0.05, 0) is 61.6 Å². The van der Waals surface area contributed by atoms with E-state index < -0.39 is 22.1 Å². The Morgan fingerprint density at radius 2 is 1.66 bits per heavy atom. The summed E-state index contributed by atoms with van der Waals surface area (Å²) in [7, 11) is -2.49. The van der Waals surface area contributed by atoms with Crippen LogP contribution in [0.4, 0.5) is 0 Å². The van der Waals surface area contributed by atoms with Crippen molar-refractivity contribution >= 4 is 21.8 Å². The molecule has 7 nitrogen and oxygen atoms in total. The summed E-state index contributed by atoms with van der Waals surface area (Å²) in [5, 5.41) is 0. The Kier molecular flexibility index (Phi) is 7.36. The molecule has 0 N–H and O–H groups in total. The first kappa shape index (κ1) is 23.9. The molecule has 1 aliphatic rings. The molecule has 3 rings (SSSR count). The lowest BCUT2D eigenvalue weighted by Crippen LogP contribution is -2.31. The molecule has 172 valence electrons. The van der Waals surface area contributed by atoms with Gasteiger partial charge in [0.1, 0.15) is 10.6 Å². The van der Waals surface area contributed by atoms with Crippen LogP contribution in [0.1, 0.15) is 59.0 Å². The summed E-state index contributed by atoms with van der Waals surface area (Å²) >= 11 is 0. The van der Waals surface area contributed by atoms with Crippen LogP contribution in [0.25, 0.3) is 0 Å². The van der Waals surface area contributed by atoms with E-state index in [1.54, 1.807) is 19.9 Å². The van der Waals surface area contributed by atoms with Gasteiger partial charge >= 0.3 is 5.97 Å². The fourth-order valence-electron chi connectivity index (χ4n) is 3.95. The molecule has 1 atom stereocenters. The molecule has 0 saturated heterocycles.